The minimum Gasteiger partial charge on any atom is -0.479 e. The smallest absolute Gasteiger partial charge is 0.347 e. The molecule has 6 heteroatoms. The number of carbonyl (C=O) groups excluding carboxylic acids is 1. The largest absolute Gasteiger partial charge is 0.479 e. The molecule has 1 aromatic rings. The first-order valence-corrected chi connectivity index (χ1v) is 4.85. The lowest BCUT2D eigenvalue weighted by Gasteiger charge is -2.16. The Kier molecular flexibility index (Phi) is 2.70. The van der Waals surface area contributed by atoms with Crippen LogP contribution in [0.1, 0.15) is 0 Å². The van der Waals surface area contributed by atoms with E-state index in [1.54, 1.807) is 30.3 Å². The molecule has 1 amide bonds. The third-order valence-corrected chi connectivity index (χ3v) is 2.30. The maximum absolute atomic E-state index is 11.9. The fourth-order valence-electron chi connectivity index (χ4n) is 1.38. The van der Waals surface area contributed by atoms with Crippen LogP contribution >= 0.6 is 0 Å². The van der Waals surface area contributed by atoms with Crippen molar-refractivity contribution in [1.29, 1.82) is 0 Å². The third-order valence-electron chi connectivity index (χ3n) is 2.30. The molecule has 17 heavy (non-hydrogen) atoms. The molecule has 1 atom stereocenters. The van der Waals surface area contributed by atoms with Crippen molar-refractivity contribution in [2.75, 3.05) is 5.32 Å². The number of aliphatic carboxylic acids is 1. The van der Waals surface area contributed by atoms with E-state index in [2.05, 4.69) is 15.5 Å². The van der Waals surface area contributed by atoms with Gasteiger partial charge in [0.25, 0.3) is 11.4 Å². The van der Waals surface area contributed by atoms with E-state index >= 15 is 0 Å². The zero-order valence-corrected chi connectivity index (χ0v) is 8.70. The Bertz CT molecular complexity index is 496. The number of hydrogen-bond acceptors (Lipinski definition) is 4. The lowest BCUT2D eigenvalue weighted by Crippen LogP contribution is -2.45. The number of nitrogens with zero attached hydrogens (tertiary/aromatic N) is 2. The molecule has 2 N–H and O–H groups in total. The average molecular weight is 231 g/mol. The molecule has 1 aromatic carbocycles. The quantitative estimate of drug-likeness (QED) is 0.771. The number of carboxylic acids is 1. The summed E-state index contributed by atoms with van der Waals surface area (Å²) in [4.78, 5) is 23.0. The van der Waals surface area contributed by atoms with Crippen molar-refractivity contribution in [3.8, 4) is 0 Å². The first-order chi connectivity index (χ1) is 8.15. The Balaban J connectivity index is 2.23. The van der Waals surface area contributed by atoms with Crippen molar-refractivity contribution in [3.63, 3.8) is 0 Å². The molecule has 0 saturated carbocycles. The number of nitrogens with one attached hydrogen (secondary N) is 1. The van der Waals surface area contributed by atoms with Crippen molar-refractivity contribution >= 4 is 17.6 Å². The third kappa shape index (κ3) is 1.92. The van der Waals surface area contributed by atoms with Crippen molar-refractivity contribution in [2.24, 2.45) is 10.2 Å². The molecule has 0 bridgehead atoms. The van der Waals surface area contributed by atoms with Gasteiger partial charge in [0.1, 0.15) is 0 Å². The highest BCUT2D eigenvalue weighted by Crippen LogP contribution is 2.22. The summed E-state index contributed by atoms with van der Waals surface area (Å²) in [6.07, 6.45) is 2.34. The van der Waals surface area contributed by atoms with Gasteiger partial charge in [-0.1, -0.05) is 18.2 Å². The number of carboxylic acid groups (broad SMARTS) is 1. The van der Waals surface area contributed by atoms with Crippen LogP contribution in [-0.2, 0) is 9.59 Å². The van der Waals surface area contributed by atoms with Gasteiger partial charge in [-0.25, -0.2) is 4.79 Å². The minimum atomic E-state index is -1.95. The van der Waals surface area contributed by atoms with E-state index in [1.165, 1.54) is 6.20 Å². The number of rotatable bonds is 3. The number of carbonyl (C=O) groups is 2. The van der Waals surface area contributed by atoms with Crippen LogP contribution in [0.3, 0.4) is 0 Å². The van der Waals surface area contributed by atoms with Crippen molar-refractivity contribution in [1.82, 2.24) is 0 Å². The molecule has 86 valence electrons. The van der Waals surface area contributed by atoms with Crippen LogP contribution in [0.25, 0.3) is 0 Å². The number of para-hydroxylation sites is 1. The van der Waals surface area contributed by atoms with E-state index in [4.69, 9.17) is 5.11 Å². The zero-order valence-electron chi connectivity index (χ0n) is 8.70. The summed E-state index contributed by atoms with van der Waals surface area (Å²) >= 11 is 0. The molecule has 0 fully saturated rings. The van der Waals surface area contributed by atoms with E-state index in [-0.39, 0.29) is 0 Å². The van der Waals surface area contributed by atoms with Gasteiger partial charge in [0.05, 0.1) is 0 Å². The minimum absolute atomic E-state index is 0.508. The van der Waals surface area contributed by atoms with Gasteiger partial charge in [-0.05, 0) is 18.2 Å². The van der Waals surface area contributed by atoms with Gasteiger partial charge in [-0.15, -0.1) is 0 Å². The van der Waals surface area contributed by atoms with Crippen LogP contribution in [0.4, 0.5) is 5.69 Å². The molecule has 1 unspecified atom stereocenters. The Hall–Kier alpha value is -2.50. The molecule has 6 nitrogen and oxygen atoms in total. The van der Waals surface area contributed by atoms with E-state index in [0.29, 0.717) is 5.69 Å². The van der Waals surface area contributed by atoms with Gasteiger partial charge >= 0.3 is 5.97 Å². The van der Waals surface area contributed by atoms with Gasteiger partial charge in [-0.3, -0.25) is 4.79 Å². The van der Waals surface area contributed by atoms with Gasteiger partial charge < -0.3 is 10.4 Å². The van der Waals surface area contributed by atoms with Crippen LogP contribution in [0.5, 0.6) is 0 Å². The van der Waals surface area contributed by atoms with Crippen LogP contribution < -0.4 is 5.32 Å². The van der Waals surface area contributed by atoms with E-state index < -0.39 is 17.4 Å². The lowest BCUT2D eigenvalue weighted by atomic mass is 10.0. The predicted octanol–water partition coefficient (Wildman–Crippen LogP) is 1.43. The topological polar surface area (TPSA) is 91.1 Å². The van der Waals surface area contributed by atoms with Crippen LogP contribution in [-0.4, -0.2) is 22.5 Å². The maximum atomic E-state index is 11.9. The molecule has 0 aliphatic carbocycles. The predicted molar refractivity (Wildman–Crippen MR) is 59.4 cm³/mol. The second-order valence-electron chi connectivity index (χ2n) is 3.42. The fourth-order valence-corrected chi connectivity index (χ4v) is 1.38. The van der Waals surface area contributed by atoms with Gasteiger partial charge in [0.2, 0.25) is 0 Å². The van der Waals surface area contributed by atoms with E-state index in [0.717, 1.165) is 6.08 Å². The molecule has 1 aliphatic heterocycles. The number of hydrogen-bond donors (Lipinski definition) is 2. The SMILES string of the molecule is O=C(O)C1(C(=O)Nc2ccccc2)C=CN=N1. The molecule has 0 spiro atoms. The normalized spacial score (nSPS) is 21.4. The zero-order chi connectivity index (χ0) is 12.3. The summed E-state index contributed by atoms with van der Waals surface area (Å²) in [5, 5.41) is 18.4. The number of anilines is 1. The summed E-state index contributed by atoms with van der Waals surface area (Å²) in [5.41, 5.74) is -1.44. The standard InChI is InChI=1S/C11H9N3O3/c15-9(13-8-4-2-1-3-5-8)11(10(16)17)6-7-12-14-11/h1-7H,(H,13,15)(H,16,17). The second-order valence-corrected chi connectivity index (χ2v) is 3.42. The molecular formula is C11H9N3O3. The van der Waals surface area contributed by atoms with Gasteiger partial charge in [0.15, 0.2) is 0 Å². The van der Waals surface area contributed by atoms with Gasteiger partial charge in [-0.2, -0.15) is 10.2 Å². The summed E-state index contributed by atoms with van der Waals surface area (Å²) in [6, 6.07) is 8.56. The summed E-state index contributed by atoms with van der Waals surface area (Å²) < 4.78 is 0. The second kappa shape index (κ2) is 4.17. The maximum Gasteiger partial charge on any atom is 0.347 e. The highest BCUT2D eigenvalue weighted by Gasteiger charge is 2.46. The number of amides is 1. The highest BCUT2D eigenvalue weighted by molar-refractivity contribution is 6.14. The van der Waals surface area contributed by atoms with E-state index in [1.807, 2.05) is 0 Å². The van der Waals surface area contributed by atoms with E-state index in [9.17, 15) is 9.59 Å². The number of benzene rings is 1. The van der Waals surface area contributed by atoms with Crippen molar-refractivity contribution < 1.29 is 14.7 Å². The average Bonchev–Trinajstić information content (AvgIpc) is 2.80. The Labute approximate surface area is 96.7 Å². The molecule has 1 aliphatic rings. The van der Waals surface area contributed by atoms with Crippen LogP contribution in [0.15, 0.2) is 52.8 Å². The lowest BCUT2D eigenvalue weighted by molar-refractivity contribution is -0.145. The molecule has 1 heterocycles. The first kappa shape index (κ1) is 11.0. The molecular weight excluding hydrogens is 222 g/mol. The number of azo groups is 1. The Morgan fingerprint density at radius 2 is 1.94 bits per heavy atom. The monoisotopic (exact) mass is 231 g/mol. The Morgan fingerprint density at radius 3 is 2.47 bits per heavy atom. The van der Waals surface area contributed by atoms with Gasteiger partial charge in [0, 0.05) is 11.9 Å². The summed E-state index contributed by atoms with van der Waals surface area (Å²) in [5.74, 6) is -2.10. The summed E-state index contributed by atoms with van der Waals surface area (Å²) in [7, 11) is 0. The van der Waals surface area contributed by atoms with Crippen molar-refractivity contribution in [2.45, 2.75) is 5.54 Å². The molecule has 0 saturated heterocycles. The van der Waals surface area contributed by atoms with Crippen LogP contribution in [0, 0.1) is 0 Å². The first-order valence-electron chi connectivity index (χ1n) is 4.85. The fraction of sp³-hybridized carbons (Fsp3) is 0.0909. The van der Waals surface area contributed by atoms with Crippen molar-refractivity contribution in [3.05, 3.63) is 42.6 Å². The molecule has 0 radical (unpaired) electrons. The molecule has 0 aromatic heterocycles. The highest BCUT2D eigenvalue weighted by atomic mass is 16.4. The summed E-state index contributed by atoms with van der Waals surface area (Å²) in [6.45, 7) is 0. The molecule has 2 rings (SSSR count). The Morgan fingerprint density at radius 1 is 1.24 bits per heavy atom. The van der Waals surface area contributed by atoms with Crippen LogP contribution in [0.2, 0.25) is 0 Å².